The van der Waals surface area contributed by atoms with Crippen LogP contribution in [0.1, 0.15) is 22.8 Å². The van der Waals surface area contributed by atoms with E-state index in [1.807, 2.05) is 12.1 Å². The van der Waals surface area contributed by atoms with Crippen LogP contribution in [-0.4, -0.2) is 23.9 Å². The van der Waals surface area contributed by atoms with E-state index in [0.29, 0.717) is 23.4 Å². The number of hydrogen-bond donors (Lipinski definition) is 2. The lowest BCUT2D eigenvalue weighted by molar-refractivity contribution is -0.125. The molecule has 6 heteroatoms. The van der Waals surface area contributed by atoms with Gasteiger partial charge in [-0.1, -0.05) is 24.3 Å². The highest BCUT2D eigenvalue weighted by Crippen LogP contribution is 2.22. The summed E-state index contributed by atoms with van der Waals surface area (Å²) in [4.78, 5) is 35.5. The normalized spacial score (nSPS) is 15.9. The SMILES string of the molecule is CC(=O)Nc1cccc(NC(=O)C2Cc3ccccc3C(=O)O2)c1. The van der Waals surface area contributed by atoms with Crippen LogP contribution in [0, 0.1) is 0 Å². The lowest BCUT2D eigenvalue weighted by Crippen LogP contribution is -2.37. The number of esters is 1. The van der Waals surface area contributed by atoms with Gasteiger partial charge in [0.2, 0.25) is 5.91 Å². The summed E-state index contributed by atoms with van der Waals surface area (Å²) in [7, 11) is 0. The van der Waals surface area contributed by atoms with Crippen LogP contribution in [0.5, 0.6) is 0 Å². The average molecular weight is 324 g/mol. The molecule has 2 aromatic rings. The Balaban J connectivity index is 1.72. The maximum absolute atomic E-state index is 12.4. The highest BCUT2D eigenvalue weighted by atomic mass is 16.5. The molecule has 0 aromatic heterocycles. The molecule has 3 rings (SSSR count). The van der Waals surface area contributed by atoms with Crippen molar-refractivity contribution >= 4 is 29.2 Å². The number of benzene rings is 2. The summed E-state index contributed by atoms with van der Waals surface area (Å²) < 4.78 is 5.22. The Morgan fingerprint density at radius 3 is 2.50 bits per heavy atom. The summed E-state index contributed by atoms with van der Waals surface area (Å²) in [6, 6.07) is 13.8. The molecule has 122 valence electrons. The van der Waals surface area contributed by atoms with Gasteiger partial charge in [-0.15, -0.1) is 0 Å². The van der Waals surface area contributed by atoms with Gasteiger partial charge in [0.05, 0.1) is 5.56 Å². The Kier molecular flexibility index (Phi) is 4.29. The molecule has 0 saturated carbocycles. The van der Waals surface area contributed by atoms with Gasteiger partial charge in [0.25, 0.3) is 5.91 Å². The fraction of sp³-hybridized carbons (Fsp3) is 0.167. The van der Waals surface area contributed by atoms with E-state index in [4.69, 9.17) is 4.74 Å². The van der Waals surface area contributed by atoms with E-state index in [1.54, 1.807) is 36.4 Å². The smallest absolute Gasteiger partial charge is 0.339 e. The van der Waals surface area contributed by atoms with Crippen LogP contribution in [-0.2, 0) is 20.7 Å². The number of rotatable bonds is 3. The van der Waals surface area contributed by atoms with E-state index < -0.39 is 18.0 Å². The second-order valence-corrected chi connectivity index (χ2v) is 5.51. The summed E-state index contributed by atoms with van der Waals surface area (Å²) >= 11 is 0. The van der Waals surface area contributed by atoms with Crippen molar-refractivity contribution in [2.75, 3.05) is 10.6 Å². The molecule has 0 spiro atoms. The molecule has 2 aromatic carbocycles. The molecule has 0 bridgehead atoms. The van der Waals surface area contributed by atoms with Gasteiger partial charge >= 0.3 is 5.97 Å². The third-order valence-electron chi connectivity index (χ3n) is 3.63. The summed E-state index contributed by atoms with van der Waals surface area (Å²) in [5, 5.41) is 5.35. The van der Waals surface area contributed by atoms with Gasteiger partial charge in [-0.25, -0.2) is 4.79 Å². The predicted octanol–water partition coefficient (Wildman–Crippen LogP) is 2.37. The Morgan fingerprint density at radius 2 is 1.75 bits per heavy atom. The van der Waals surface area contributed by atoms with E-state index in [9.17, 15) is 14.4 Å². The third-order valence-corrected chi connectivity index (χ3v) is 3.63. The molecule has 6 nitrogen and oxygen atoms in total. The first-order valence-electron chi connectivity index (χ1n) is 7.50. The highest BCUT2D eigenvalue weighted by Gasteiger charge is 2.31. The molecular formula is C18H16N2O4. The van der Waals surface area contributed by atoms with Gasteiger partial charge < -0.3 is 15.4 Å². The molecular weight excluding hydrogens is 308 g/mol. The maximum atomic E-state index is 12.4. The van der Waals surface area contributed by atoms with Gasteiger partial charge in [0.15, 0.2) is 6.10 Å². The fourth-order valence-corrected chi connectivity index (χ4v) is 2.58. The molecule has 0 fully saturated rings. The molecule has 0 radical (unpaired) electrons. The van der Waals surface area contributed by atoms with Crippen LogP contribution in [0.4, 0.5) is 11.4 Å². The second-order valence-electron chi connectivity index (χ2n) is 5.51. The van der Waals surface area contributed by atoms with Crippen LogP contribution >= 0.6 is 0 Å². The van der Waals surface area contributed by atoms with Crippen molar-refractivity contribution in [1.29, 1.82) is 0 Å². The van der Waals surface area contributed by atoms with Crippen LogP contribution in [0.2, 0.25) is 0 Å². The number of nitrogens with one attached hydrogen (secondary N) is 2. The van der Waals surface area contributed by atoms with Gasteiger partial charge in [-0.2, -0.15) is 0 Å². The highest BCUT2D eigenvalue weighted by molar-refractivity contribution is 6.00. The molecule has 2 amide bonds. The predicted molar refractivity (Wildman–Crippen MR) is 88.7 cm³/mol. The van der Waals surface area contributed by atoms with Crippen molar-refractivity contribution in [3.05, 3.63) is 59.7 Å². The third kappa shape index (κ3) is 3.43. The minimum atomic E-state index is -0.878. The largest absolute Gasteiger partial charge is 0.448 e. The van der Waals surface area contributed by atoms with E-state index in [-0.39, 0.29) is 5.91 Å². The molecule has 1 aliphatic rings. The number of fused-ring (bicyclic) bond motifs is 1. The summed E-state index contributed by atoms with van der Waals surface area (Å²) in [6.45, 7) is 1.41. The summed E-state index contributed by atoms with van der Waals surface area (Å²) in [6.07, 6.45) is -0.545. The van der Waals surface area contributed by atoms with E-state index >= 15 is 0 Å². The molecule has 1 heterocycles. The average Bonchev–Trinajstić information content (AvgIpc) is 2.54. The zero-order chi connectivity index (χ0) is 17.1. The zero-order valence-electron chi connectivity index (χ0n) is 13.0. The molecule has 1 unspecified atom stereocenters. The molecule has 1 atom stereocenters. The van der Waals surface area contributed by atoms with Crippen molar-refractivity contribution in [2.24, 2.45) is 0 Å². The van der Waals surface area contributed by atoms with Crippen molar-refractivity contribution in [3.8, 4) is 0 Å². The minimum absolute atomic E-state index is 0.198. The van der Waals surface area contributed by atoms with Gasteiger partial charge in [0, 0.05) is 24.7 Å². The number of cyclic esters (lactones) is 1. The molecule has 24 heavy (non-hydrogen) atoms. The van der Waals surface area contributed by atoms with Crippen molar-refractivity contribution < 1.29 is 19.1 Å². The number of amides is 2. The monoisotopic (exact) mass is 324 g/mol. The second kappa shape index (κ2) is 6.54. The van der Waals surface area contributed by atoms with Gasteiger partial charge in [0.1, 0.15) is 0 Å². The molecule has 2 N–H and O–H groups in total. The summed E-state index contributed by atoms with van der Waals surface area (Å²) in [5.74, 6) is -1.10. The van der Waals surface area contributed by atoms with Crippen LogP contribution in [0.3, 0.4) is 0 Å². The summed E-state index contributed by atoms with van der Waals surface area (Å²) in [5.41, 5.74) is 2.38. The van der Waals surface area contributed by atoms with Crippen LogP contribution in [0.25, 0.3) is 0 Å². The first-order chi connectivity index (χ1) is 11.5. The van der Waals surface area contributed by atoms with E-state index in [1.165, 1.54) is 6.92 Å². The Bertz CT molecular complexity index is 816. The molecule has 0 aliphatic carbocycles. The lowest BCUT2D eigenvalue weighted by Gasteiger charge is -2.23. The van der Waals surface area contributed by atoms with Gasteiger partial charge in [-0.3, -0.25) is 9.59 Å². The van der Waals surface area contributed by atoms with E-state index in [2.05, 4.69) is 10.6 Å². The maximum Gasteiger partial charge on any atom is 0.339 e. The standard InChI is InChI=1S/C18H16N2O4/c1-11(21)19-13-6-4-7-14(10-13)20-17(22)16-9-12-5-2-3-8-15(12)18(23)24-16/h2-8,10,16H,9H2,1H3,(H,19,21)(H,20,22). The Morgan fingerprint density at radius 1 is 1.04 bits per heavy atom. The molecule has 0 saturated heterocycles. The zero-order valence-corrected chi connectivity index (χ0v) is 13.0. The van der Waals surface area contributed by atoms with Crippen molar-refractivity contribution in [2.45, 2.75) is 19.4 Å². The number of ether oxygens (including phenoxy) is 1. The number of hydrogen-bond acceptors (Lipinski definition) is 4. The number of anilines is 2. The van der Waals surface area contributed by atoms with Crippen molar-refractivity contribution in [1.82, 2.24) is 0 Å². The van der Waals surface area contributed by atoms with Gasteiger partial charge in [-0.05, 0) is 29.8 Å². The first kappa shape index (κ1) is 15.7. The fourth-order valence-electron chi connectivity index (χ4n) is 2.58. The number of carbonyl (C=O) groups is 3. The van der Waals surface area contributed by atoms with Crippen molar-refractivity contribution in [3.63, 3.8) is 0 Å². The molecule has 1 aliphatic heterocycles. The minimum Gasteiger partial charge on any atom is -0.448 e. The number of carbonyl (C=O) groups excluding carboxylic acids is 3. The van der Waals surface area contributed by atoms with E-state index in [0.717, 1.165) is 5.56 Å². The lowest BCUT2D eigenvalue weighted by atomic mass is 9.98. The first-order valence-corrected chi connectivity index (χ1v) is 7.50. The Labute approximate surface area is 138 Å². The quantitative estimate of drug-likeness (QED) is 0.849. The topological polar surface area (TPSA) is 84.5 Å². The van der Waals surface area contributed by atoms with Crippen LogP contribution in [0.15, 0.2) is 48.5 Å². The van der Waals surface area contributed by atoms with Crippen LogP contribution < -0.4 is 10.6 Å². The Hall–Kier alpha value is -3.15.